The Bertz CT molecular complexity index is 373. The Labute approximate surface area is 117 Å². The highest BCUT2D eigenvalue weighted by Crippen LogP contribution is 2.22. The van der Waals surface area contributed by atoms with Gasteiger partial charge in [-0.05, 0) is 36.4 Å². The molecule has 1 N–H and O–H groups in total. The Morgan fingerprint density at radius 2 is 2.00 bits per heavy atom. The SMILES string of the molecule is CCCc1ccc(C(O)CN2CCC(CC)C2)cc1. The van der Waals surface area contributed by atoms with Gasteiger partial charge in [0.2, 0.25) is 0 Å². The maximum atomic E-state index is 10.3. The van der Waals surface area contributed by atoms with Gasteiger partial charge in [0, 0.05) is 13.1 Å². The van der Waals surface area contributed by atoms with Gasteiger partial charge in [0.25, 0.3) is 0 Å². The van der Waals surface area contributed by atoms with Gasteiger partial charge < -0.3 is 10.0 Å². The van der Waals surface area contributed by atoms with Crippen molar-refractivity contribution in [1.29, 1.82) is 0 Å². The monoisotopic (exact) mass is 261 g/mol. The fraction of sp³-hybridized carbons (Fsp3) is 0.647. The first-order valence-corrected chi connectivity index (χ1v) is 7.72. The molecule has 1 heterocycles. The minimum atomic E-state index is -0.341. The largest absolute Gasteiger partial charge is 0.387 e. The maximum Gasteiger partial charge on any atom is 0.0916 e. The molecule has 106 valence electrons. The standard InChI is InChI=1S/C17H27NO/c1-3-5-15-6-8-16(9-7-15)17(19)13-18-11-10-14(4-2)12-18/h6-9,14,17,19H,3-5,10-13H2,1-2H3. The molecule has 0 amide bonds. The van der Waals surface area contributed by atoms with Crippen LogP contribution < -0.4 is 0 Å². The zero-order valence-electron chi connectivity index (χ0n) is 12.3. The summed E-state index contributed by atoms with van der Waals surface area (Å²) in [6, 6.07) is 8.48. The zero-order chi connectivity index (χ0) is 13.7. The topological polar surface area (TPSA) is 23.5 Å². The molecule has 0 bridgehead atoms. The van der Waals surface area contributed by atoms with Gasteiger partial charge in [-0.15, -0.1) is 0 Å². The Balaban J connectivity index is 1.87. The highest BCUT2D eigenvalue weighted by molar-refractivity contribution is 5.24. The number of rotatable bonds is 6. The summed E-state index contributed by atoms with van der Waals surface area (Å²) >= 11 is 0. The molecule has 2 unspecified atom stereocenters. The summed E-state index contributed by atoms with van der Waals surface area (Å²) in [5, 5.41) is 10.3. The lowest BCUT2D eigenvalue weighted by Crippen LogP contribution is -2.26. The third-order valence-electron chi connectivity index (χ3n) is 4.28. The number of β-amino-alcohol motifs (C(OH)–C–C–N with tert-alkyl or cyclic N) is 1. The second-order valence-electron chi connectivity index (χ2n) is 5.83. The van der Waals surface area contributed by atoms with Gasteiger partial charge in [-0.3, -0.25) is 0 Å². The lowest BCUT2D eigenvalue weighted by atomic mass is 10.0. The highest BCUT2D eigenvalue weighted by Gasteiger charge is 2.23. The third kappa shape index (κ3) is 4.05. The minimum Gasteiger partial charge on any atom is -0.387 e. The first kappa shape index (κ1) is 14.5. The highest BCUT2D eigenvalue weighted by atomic mass is 16.3. The van der Waals surface area contributed by atoms with E-state index in [4.69, 9.17) is 0 Å². The molecule has 0 aliphatic carbocycles. The van der Waals surface area contributed by atoms with Crippen molar-refractivity contribution < 1.29 is 5.11 Å². The molecule has 0 spiro atoms. The summed E-state index contributed by atoms with van der Waals surface area (Å²) in [6.45, 7) is 7.53. The summed E-state index contributed by atoms with van der Waals surface area (Å²) < 4.78 is 0. The van der Waals surface area contributed by atoms with Gasteiger partial charge in [-0.2, -0.15) is 0 Å². The van der Waals surface area contributed by atoms with Crippen molar-refractivity contribution in [3.63, 3.8) is 0 Å². The molecule has 2 rings (SSSR count). The molecule has 1 fully saturated rings. The summed E-state index contributed by atoms with van der Waals surface area (Å²) in [4.78, 5) is 2.40. The molecule has 19 heavy (non-hydrogen) atoms. The molecule has 1 saturated heterocycles. The average molecular weight is 261 g/mol. The van der Waals surface area contributed by atoms with E-state index in [9.17, 15) is 5.11 Å². The van der Waals surface area contributed by atoms with Gasteiger partial charge in [0.1, 0.15) is 0 Å². The molecule has 0 radical (unpaired) electrons. The van der Waals surface area contributed by atoms with Crippen LogP contribution in [0.2, 0.25) is 0 Å². The lowest BCUT2D eigenvalue weighted by Gasteiger charge is -2.20. The van der Waals surface area contributed by atoms with E-state index in [0.717, 1.165) is 37.5 Å². The summed E-state index contributed by atoms with van der Waals surface area (Å²) in [6.07, 6.45) is 4.51. The van der Waals surface area contributed by atoms with Crippen LogP contribution in [0.4, 0.5) is 0 Å². The van der Waals surface area contributed by atoms with Gasteiger partial charge in [-0.25, -0.2) is 0 Å². The number of benzene rings is 1. The van der Waals surface area contributed by atoms with Gasteiger partial charge >= 0.3 is 0 Å². The summed E-state index contributed by atoms with van der Waals surface area (Å²) in [5.74, 6) is 0.833. The lowest BCUT2D eigenvalue weighted by molar-refractivity contribution is 0.124. The number of hydrogen-bond donors (Lipinski definition) is 1. The number of nitrogens with zero attached hydrogens (tertiary/aromatic N) is 1. The average Bonchev–Trinajstić information content (AvgIpc) is 2.87. The number of aliphatic hydroxyl groups is 1. The second-order valence-corrected chi connectivity index (χ2v) is 5.83. The molecular weight excluding hydrogens is 234 g/mol. The number of hydrogen-bond acceptors (Lipinski definition) is 2. The molecule has 2 atom stereocenters. The van der Waals surface area contributed by atoms with E-state index in [2.05, 4.69) is 43.0 Å². The molecule has 2 heteroatoms. The van der Waals surface area contributed by atoms with E-state index in [1.807, 2.05) is 0 Å². The van der Waals surface area contributed by atoms with Crippen LogP contribution >= 0.6 is 0 Å². The molecule has 2 nitrogen and oxygen atoms in total. The van der Waals surface area contributed by atoms with Crippen LogP contribution in [-0.4, -0.2) is 29.6 Å². The predicted molar refractivity (Wildman–Crippen MR) is 80.2 cm³/mol. The third-order valence-corrected chi connectivity index (χ3v) is 4.28. The van der Waals surface area contributed by atoms with Crippen LogP contribution in [0.5, 0.6) is 0 Å². The Kier molecular flexibility index (Phi) is 5.41. The molecule has 0 aromatic heterocycles. The fourth-order valence-corrected chi connectivity index (χ4v) is 2.96. The molecule has 1 aromatic rings. The summed E-state index contributed by atoms with van der Waals surface area (Å²) in [5.41, 5.74) is 2.42. The minimum absolute atomic E-state index is 0.341. The van der Waals surface area contributed by atoms with Crippen molar-refractivity contribution in [1.82, 2.24) is 4.90 Å². The van der Waals surface area contributed by atoms with Crippen LogP contribution in [0.1, 0.15) is 50.3 Å². The molecule has 0 saturated carbocycles. The maximum absolute atomic E-state index is 10.3. The number of aryl methyl sites for hydroxylation is 1. The van der Waals surface area contributed by atoms with Crippen molar-refractivity contribution in [3.05, 3.63) is 35.4 Å². The first-order valence-electron chi connectivity index (χ1n) is 7.72. The van der Waals surface area contributed by atoms with Crippen molar-refractivity contribution in [2.45, 2.75) is 45.6 Å². The van der Waals surface area contributed by atoms with Crippen LogP contribution in [0, 0.1) is 5.92 Å². The van der Waals surface area contributed by atoms with Crippen molar-refractivity contribution in [2.75, 3.05) is 19.6 Å². The Morgan fingerprint density at radius 1 is 1.26 bits per heavy atom. The fourth-order valence-electron chi connectivity index (χ4n) is 2.96. The summed E-state index contributed by atoms with van der Waals surface area (Å²) in [7, 11) is 0. The van der Waals surface area contributed by atoms with Crippen molar-refractivity contribution in [2.24, 2.45) is 5.92 Å². The van der Waals surface area contributed by atoms with Crippen molar-refractivity contribution in [3.8, 4) is 0 Å². The van der Waals surface area contributed by atoms with E-state index >= 15 is 0 Å². The first-order chi connectivity index (χ1) is 9.22. The zero-order valence-corrected chi connectivity index (χ0v) is 12.3. The molecule has 1 aromatic carbocycles. The van der Waals surface area contributed by atoms with E-state index in [1.54, 1.807) is 0 Å². The van der Waals surface area contributed by atoms with Crippen LogP contribution in [0.15, 0.2) is 24.3 Å². The molecule has 1 aliphatic rings. The Morgan fingerprint density at radius 3 is 2.58 bits per heavy atom. The smallest absolute Gasteiger partial charge is 0.0916 e. The van der Waals surface area contributed by atoms with Crippen LogP contribution in [0.3, 0.4) is 0 Å². The van der Waals surface area contributed by atoms with E-state index in [1.165, 1.54) is 24.8 Å². The Hall–Kier alpha value is -0.860. The van der Waals surface area contributed by atoms with Gasteiger partial charge in [0.05, 0.1) is 6.10 Å². The molecule has 1 aliphatic heterocycles. The van der Waals surface area contributed by atoms with E-state index < -0.39 is 0 Å². The number of aliphatic hydroxyl groups excluding tert-OH is 1. The quantitative estimate of drug-likeness (QED) is 0.848. The van der Waals surface area contributed by atoms with Crippen LogP contribution in [-0.2, 0) is 6.42 Å². The normalized spacial score (nSPS) is 21.7. The second kappa shape index (κ2) is 7.06. The van der Waals surface area contributed by atoms with Crippen LogP contribution in [0.25, 0.3) is 0 Å². The van der Waals surface area contributed by atoms with Crippen molar-refractivity contribution >= 4 is 0 Å². The predicted octanol–water partition coefficient (Wildman–Crippen LogP) is 3.40. The van der Waals surface area contributed by atoms with E-state index in [-0.39, 0.29) is 6.10 Å². The molecular formula is C17H27NO. The van der Waals surface area contributed by atoms with Gasteiger partial charge in [-0.1, -0.05) is 51.0 Å². The van der Waals surface area contributed by atoms with Gasteiger partial charge in [0.15, 0.2) is 0 Å². The van der Waals surface area contributed by atoms with E-state index in [0.29, 0.717) is 0 Å². The number of likely N-dealkylation sites (tertiary alicyclic amines) is 1.